The van der Waals surface area contributed by atoms with Crippen molar-refractivity contribution in [1.29, 1.82) is 0 Å². The van der Waals surface area contributed by atoms with Crippen molar-refractivity contribution in [2.24, 2.45) is 0 Å². The van der Waals surface area contributed by atoms with Gasteiger partial charge >= 0.3 is 0 Å². The zero-order valence-corrected chi connectivity index (χ0v) is 15.2. The molecular formula is C20H18FN3O4. The van der Waals surface area contributed by atoms with Crippen LogP contribution in [0.1, 0.15) is 28.9 Å². The van der Waals surface area contributed by atoms with Gasteiger partial charge in [-0.15, -0.1) is 0 Å². The van der Waals surface area contributed by atoms with Crippen molar-refractivity contribution in [3.8, 4) is 17.4 Å². The molecule has 0 aliphatic heterocycles. The van der Waals surface area contributed by atoms with Crippen LogP contribution in [-0.2, 0) is 6.54 Å². The van der Waals surface area contributed by atoms with E-state index < -0.39 is 11.8 Å². The number of hydrogen-bond acceptors (Lipinski definition) is 5. The number of carbonyl (C=O) groups is 1. The van der Waals surface area contributed by atoms with Crippen molar-refractivity contribution in [2.45, 2.75) is 25.4 Å². The summed E-state index contributed by atoms with van der Waals surface area (Å²) in [4.78, 5) is 14.5. The Hall–Kier alpha value is -3.42. The molecule has 4 rings (SSSR count). The van der Waals surface area contributed by atoms with Gasteiger partial charge in [0.2, 0.25) is 5.69 Å². The highest BCUT2D eigenvalue weighted by Crippen LogP contribution is 2.30. The number of aromatic nitrogens is 2. The van der Waals surface area contributed by atoms with Crippen LogP contribution in [0.5, 0.6) is 11.7 Å². The number of ether oxygens (including phenoxy) is 1. The van der Waals surface area contributed by atoms with E-state index >= 15 is 0 Å². The normalized spacial score (nSPS) is 13.4. The molecular weight excluding hydrogens is 365 g/mol. The van der Waals surface area contributed by atoms with E-state index in [0.29, 0.717) is 17.0 Å². The maximum atomic E-state index is 13.2. The summed E-state index contributed by atoms with van der Waals surface area (Å²) in [5.74, 6) is -0.603. The van der Waals surface area contributed by atoms with Gasteiger partial charge < -0.3 is 19.3 Å². The summed E-state index contributed by atoms with van der Waals surface area (Å²) in [6.45, 7) is 0.0508. The number of carbonyl (C=O) groups excluding carboxylic acids is 1. The Kier molecular flexibility index (Phi) is 4.68. The van der Waals surface area contributed by atoms with Gasteiger partial charge in [-0.05, 0) is 53.9 Å². The summed E-state index contributed by atoms with van der Waals surface area (Å²) in [5.41, 5.74) is 1.23. The lowest BCUT2D eigenvalue weighted by Crippen LogP contribution is -2.42. The molecule has 1 fully saturated rings. The van der Waals surface area contributed by atoms with Gasteiger partial charge in [0.25, 0.3) is 11.6 Å². The van der Waals surface area contributed by atoms with Crippen LogP contribution in [0.15, 0.2) is 53.1 Å². The van der Waals surface area contributed by atoms with Crippen molar-refractivity contribution in [3.63, 3.8) is 0 Å². The highest BCUT2D eigenvalue weighted by molar-refractivity contribution is 5.94. The molecule has 8 heteroatoms. The first-order valence-corrected chi connectivity index (χ1v) is 8.85. The first-order chi connectivity index (χ1) is 13.6. The predicted octanol–water partition coefficient (Wildman–Crippen LogP) is 1.98. The largest absolute Gasteiger partial charge is 0.539 e. The van der Waals surface area contributed by atoms with Gasteiger partial charge in [0.05, 0.1) is 12.4 Å². The predicted molar refractivity (Wildman–Crippen MR) is 93.3 cm³/mol. The second-order valence-corrected chi connectivity index (χ2v) is 6.59. The van der Waals surface area contributed by atoms with Crippen LogP contribution in [-0.4, -0.2) is 29.2 Å². The Morgan fingerprint density at radius 3 is 2.54 bits per heavy atom. The van der Waals surface area contributed by atoms with E-state index in [4.69, 9.17) is 9.26 Å². The number of halogens is 1. The first kappa shape index (κ1) is 18.0. The summed E-state index contributed by atoms with van der Waals surface area (Å²) in [5, 5.41) is 16.1. The maximum Gasteiger partial charge on any atom is 0.259 e. The molecule has 1 aliphatic rings. The maximum absolute atomic E-state index is 13.2. The standard InChI is InChI=1S/C20H18FN3O4/c1-27-17-10-8-16(9-11-17)24-18(20(26)28-22-24)12-23(15-6-7-15)19(25)13-2-4-14(21)5-3-13/h2-5,8-11,15H,6-7,12H2,1H3. The van der Waals surface area contributed by atoms with Gasteiger partial charge in [-0.3, -0.25) is 4.79 Å². The second-order valence-electron chi connectivity index (χ2n) is 6.59. The van der Waals surface area contributed by atoms with Gasteiger partial charge in [-0.1, -0.05) is 0 Å². The topological polar surface area (TPSA) is 82.5 Å². The van der Waals surface area contributed by atoms with Crippen LogP contribution in [0, 0.1) is 5.82 Å². The third-order valence-electron chi connectivity index (χ3n) is 4.67. The Bertz CT molecular complexity index is 982. The minimum absolute atomic E-state index is 0.0381. The fourth-order valence-corrected chi connectivity index (χ4v) is 3.00. The van der Waals surface area contributed by atoms with Gasteiger partial charge in [-0.25, -0.2) is 4.39 Å². The molecule has 0 N–H and O–H groups in total. The van der Waals surface area contributed by atoms with E-state index in [1.54, 1.807) is 36.3 Å². The van der Waals surface area contributed by atoms with E-state index in [0.717, 1.165) is 12.8 Å². The summed E-state index contributed by atoms with van der Waals surface area (Å²) >= 11 is 0. The summed E-state index contributed by atoms with van der Waals surface area (Å²) in [6.07, 6.45) is 1.71. The van der Waals surface area contributed by atoms with Crippen LogP contribution in [0.25, 0.3) is 5.69 Å². The number of methoxy groups -OCH3 is 1. The summed E-state index contributed by atoms with van der Waals surface area (Å²) in [6, 6.07) is 12.4. The van der Waals surface area contributed by atoms with E-state index in [1.165, 1.54) is 28.9 Å². The molecule has 0 atom stereocenters. The number of nitrogens with zero attached hydrogens (tertiary/aromatic N) is 3. The molecule has 28 heavy (non-hydrogen) atoms. The zero-order valence-electron chi connectivity index (χ0n) is 15.2. The number of rotatable bonds is 6. The number of amides is 1. The Morgan fingerprint density at radius 1 is 1.25 bits per heavy atom. The molecule has 0 unspecified atom stereocenters. The van der Waals surface area contributed by atoms with Crippen molar-refractivity contribution in [3.05, 3.63) is 65.6 Å². The van der Waals surface area contributed by atoms with Gasteiger partial charge in [0.15, 0.2) is 5.95 Å². The fourth-order valence-electron chi connectivity index (χ4n) is 3.00. The monoisotopic (exact) mass is 383 g/mol. The summed E-state index contributed by atoms with van der Waals surface area (Å²) in [7, 11) is 1.56. The Labute approximate surface area is 160 Å². The van der Waals surface area contributed by atoms with Crippen molar-refractivity contribution in [1.82, 2.24) is 10.2 Å². The third-order valence-corrected chi connectivity index (χ3v) is 4.67. The van der Waals surface area contributed by atoms with Crippen LogP contribution >= 0.6 is 0 Å². The van der Waals surface area contributed by atoms with Gasteiger partial charge in [0.1, 0.15) is 18.1 Å². The van der Waals surface area contributed by atoms with Crippen molar-refractivity contribution >= 4 is 5.91 Å². The van der Waals surface area contributed by atoms with Crippen LogP contribution in [0.3, 0.4) is 0 Å². The Morgan fingerprint density at radius 2 is 1.93 bits per heavy atom. The molecule has 1 saturated carbocycles. The lowest BCUT2D eigenvalue weighted by atomic mass is 10.2. The molecule has 3 aromatic rings. The lowest BCUT2D eigenvalue weighted by molar-refractivity contribution is -0.678. The quantitative estimate of drug-likeness (QED) is 0.608. The molecule has 2 aromatic carbocycles. The Balaban J connectivity index is 1.63. The highest BCUT2D eigenvalue weighted by Gasteiger charge is 2.36. The molecule has 7 nitrogen and oxygen atoms in total. The molecule has 1 heterocycles. The van der Waals surface area contributed by atoms with E-state index in [9.17, 15) is 14.3 Å². The molecule has 1 aromatic heterocycles. The average Bonchev–Trinajstić information content (AvgIpc) is 3.49. The molecule has 1 aliphatic carbocycles. The molecule has 0 bridgehead atoms. The van der Waals surface area contributed by atoms with E-state index in [-0.39, 0.29) is 24.2 Å². The van der Waals surface area contributed by atoms with Crippen LogP contribution in [0.4, 0.5) is 4.39 Å². The minimum Gasteiger partial charge on any atom is -0.539 e. The number of benzene rings is 2. The van der Waals surface area contributed by atoms with Crippen LogP contribution < -0.4 is 14.5 Å². The minimum atomic E-state index is -0.603. The molecule has 0 radical (unpaired) electrons. The molecule has 0 saturated heterocycles. The third kappa shape index (κ3) is 3.53. The molecule has 0 spiro atoms. The van der Waals surface area contributed by atoms with Crippen molar-refractivity contribution in [2.75, 3.05) is 7.11 Å². The zero-order chi connectivity index (χ0) is 19.7. The second kappa shape index (κ2) is 7.30. The molecule has 1 amide bonds. The fraction of sp³-hybridized carbons (Fsp3) is 0.250. The first-order valence-electron chi connectivity index (χ1n) is 8.85. The average molecular weight is 383 g/mol. The number of hydrogen-bond donors (Lipinski definition) is 0. The SMILES string of the molecule is COc1ccc(-[n+]2noc([O-])c2CN(C(=O)c2ccc(F)cc2)C2CC2)cc1. The van der Waals surface area contributed by atoms with Gasteiger partial charge in [-0.2, -0.15) is 0 Å². The van der Waals surface area contributed by atoms with Crippen LogP contribution in [0.2, 0.25) is 0 Å². The lowest BCUT2D eigenvalue weighted by Gasteiger charge is -2.20. The molecule has 144 valence electrons. The van der Waals surface area contributed by atoms with E-state index in [1.807, 2.05) is 0 Å². The van der Waals surface area contributed by atoms with Crippen molar-refractivity contribution < 1.29 is 28.2 Å². The summed E-state index contributed by atoms with van der Waals surface area (Å²) < 4.78 is 24.5. The van der Waals surface area contributed by atoms with E-state index in [2.05, 4.69) is 5.27 Å². The smallest absolute Gasteiger partial charge is 0.259 e. The highest BCUT2D eigenvalue weighted by atomic mass is 19.1. The van der Waals surface area contributed by atoms with Gasteiger partial charge in [0, 0.05) is 23.7 Å².